The average Bonchev–Trinajstić information content (AvgIpc) is 3.01. The summed E-state index contributed by atoms with van der Waals surface area (Å²) in [6, 6.07) is 6.55. The molecule has 0 radical (unpaired) electrons. The number of carbonyl (C=O) groups is 2. The van der Waals surface area contributed by atoms with Crippen LogP contribution in [0.1, 0.15) is 18.4 Å². The molecule has 2 rings (SSSR count). The first kappa shape index (κ1) is 15.3. The van der Waals surface area contributed by atoms with Crippen LogP contribution >= 0.6 is 0 Å². The second-order valence-electron chi connectivity index (χ2n) is 4.98. The van der Waals surface area contributed by atoms with Gasteiger partial charge in [0, 0.05) is 13.0 Å². The van der Waals surface area contributed by atoms with Crippen molar-refractivity contribution in [1.29, 1.82) is 0 Å². The van der Waals surface area contributed by atoms with Crippen molar-refractivity contribution in [3.63, 3.8) is 0 Å². The summed E-state index contributed by atoms with van der Waals surface area (Å²) in [5.41, 5.74) is 6.20. The Bertz CT molecular complexity index is 512. The number of para-hydroxylation sites is 1. The zero-order valence-corrected chi connectivity index (χ0v) is 12.0. The van der Waals surface area contributed by atoms with Gasteiger partial charge in [0.25, 0.3) is 0 Å². The van der Waals surface area contributed by atoms with E-state index in [1.165, 1.54) is 0 Å². The van der Waals surface area contributed by atoms with Gasteiger partial charge in [0.2, 0.25) is 11.8 Å². The Morgan fingerprint density at radius 1 is 1.48 bits per heavy atom. The van der Waals surface area contributed by atoms with E-state index in [4.69, 9.17) is 15.2 Å². The molecular formula is C15H20N2O4. The number of benzene rings is 1. The molecule has 1 heterocycles. The lowest BCUT2D eigenvalue weighted by Crippen LogP contribution is -2.49. The third kappa shape index (κ3) is 3.95. The van der Waals surface area contributed by atoms with E-state index in [0.717, 1.165) is 12.0 Å². The van der Waals surface area contributed by atoms with Gasteiger partial charge in [-0.2, -0.15) is 0 Å². The molecule has 2 amide bonds. The lowest BCUT2D eigenvalue weighted by atomic mass is 10.0. The fourth-order valence-corrected chi connectivity index (χ4v) is 2.36. The molecule has 3 N–H and O–H groups in total. The van der Waals surface area contributed by atoms with Crippen LogP contribution in [0.2, 0.25) is 0 Å². The number of methoxy groups -OCH3 is 1. The first-order valence-corrected chi connectivity index (χ1v) is 6.95. The molecule has 114 valence electrons. The first-order chi connectivity index (χ1) is 10.1. The minimum Gasteiger partial charge on any atom is -0.496 e. The quantitative estimate of drug-likeness (QED) is 0.793. The van der Waals surface area contributed by atoms with Crippen molar-refractivity contribution in [1.82, 2.24) is 5.32 Å². The summed E-state index contributed by atoms with van der Waals surface area (Å²) in [6.45, 7) is 0.575. The molecule has 0 saturated carbocycles. The number of hydrogen-bond donors (Lipinski definition) is 2. The topological polar surface area (TPSA) is 90.7 Å². The van der Waals surface area contributed by atoms with Gasteiger partial charge in [-0.3, -0.25) is 9.59 Å². The number of nitrogens with one attached hydrogen (secondary N) is 1. The summed E-state index contributed by atoms with van der Waals surface area (Å²) in [7, 11) is 1.56. The minimum absolute atomic E-state index is 0.286. The Hall–Kier alpha value is -2.08. The van der Waals surface area contributed by atoms with Crippen LogP contribution in [-0.2, 0) is 20.7 Å². The molecule has 1 fully saturated rings. The lowest BCUT2D eigenvalue weighted by molar-refractivity contribution is -0.133. The van der Waals surface area contributed by atoms with Gasteiger partial charge in [0.15, 0.2) is 0 Å². The summed E-state index contributed by atoms with van der Waals surface area (Å²) in [4.78, 5) is 23.6. The molecule has 1 aliphatic rings. The number of ether oxygens (including phenoxy) is 2. The standard InChI is InChI=1S/C15H20N2O4/c1-20-12-6-3-2-5-10(12)9-11(14(16)18)17-15(19)13-7-4-8-21-13/h2-3,5-6,11,13H,4,7-9H2,1H3,(H2,16,18)(H,17,19)/t11-,13+/m1/s1. The molecule has 6 heteroatoms. The predicted molar refractivity (Wildman–Crippen MR) is 76.8 cm³/mol. The van der Waals surface area contributed by atoms with Crippen LogP contribution in [0.4, 0.5) is 0 Å². The van der Waals surface area contributed by atoms with E-state index in [-0.39, 0.29) is 12.3 Å². The zero-order valence-electron chi connectivity index (χ0n) is 12.0. The third-order valence-electron chi connectivity index (χ3n) is 3.50. The molecule has 0 aromatic heterocycles. The van der Waals surface area contributed by atoms with Gasteiger partial charge in [-0.25, -0.2) is 0 Å². The predicted octanol–water partition coefficient (Wildman–Crippen LogP) is 0.387. The smallest absolute Gasteiger partial charge is 0.249 e. The maximum atomic E-state index is 12.0. The summed E-state index contributed by atoms with van der Waals surface area (Å²) in [6.07, 6.45) is 1.33. The van der Waals surface area contributed by atoms with Crippen LogP contribution in [0.3, 0.4) is 0 Å². The maximum Gasteiger partial charge on any atom is 0.249 e. The Morgan fingerprint density at radius 2 is 2.24 bits per heavy atom. The molecule has 0 aliphatic carbocycles. The largest absolute Gasteiger partial charge is 0.496 e. The van der Waals surface area contributed by atoms with Crippen molar-refractivity contribution >= 4 is 11.8 Å². The normalized spacial score (nSPS) is 19.0. The fraction of sp³-hybridized carbons (Fsp3) is 0.467. The highest BCUT2D eigenvalue weighted by Gasteiger charge is 2.28. The van der Waals surface area contributed by atoms with Crippen LogP contribution in [0.15, 0.2) is 24.3 Å². The van der Waals surface area contributed by atoms with Crippen molar-refractivity contribution in [3.8, 4) is 5.75 Å². The Morgan fingerprint density at radius 3 is 2.86 bits per heavy atom. The maximum absolute atomic E-state index is 12.0. The van der Waals surface area contributed by atoms with E-state index in [9.17, 15) is 9.59 Å². The SMILES string of the molecule is COc1ccccc1C[C@@H](NC(=O)[C@@H]1CCCO1)C(N)=O. The molecule has 1 aliphatic heterocycles. The van der Waals surface area contributed by atoms with Crippen LogP contribution in [0.25, 0.3) is 0 Å². The van der Waals surface area contributed by atoms with Gasteiger partial charge in [-0.1, -0.05) is 18.2 Å². The van der Waals surface area contributed by atoms with Gasteiger partial charge in [0.1, 0.15) is 17.9 Å². The number of amides is 2. The molecule has 0 spiro atoms. The van der Waals surface area contributed by atoms with Gasteiger partial charge >= 0.3 is 0 Å². The van der Waals surface area contributed by atoms with Crippen LogP contribution in [0, 0.1) is 0 Å². The van der Waals surface area contributed by atoms with Crippen LogP contribution in [0.5, 0.6) is 5.75 Å². The minimum atomic E-state index is -0.780. The second kappa shape index (κ2) is 7.08. The highest BCUT2D eigenvalue weighted by atomic mass is 16.5. The van der Waals surface area contributed by atoms with E-state index in [1.54, 1.807) is 13.2 Å². The molecule has 6 nitrogen and oxygen atoms in total. The molecule has 1 saturated heterocycles. The molecule has 2 atom stereocenters. The van der Waals surface area contributed by atoms with Crippen molar-refractivity contribution < 1.29 is 19.1 Å². The summed E-state index contributed by atoms with van der Waals surface area (Å²) >= 11 is 0. The van der Waals surface area contributed by atoms with Gasteiger partial charge in [0.05, 0.1) is 7.11 Å². The Balaban J connectivity index is 2.05. The van der Waals surface area contributed by atoms with E-state index in [2.05, 4.69) is 5.32 Å². The molecule has 0 unspecified atom stereocenters. The van der Waals surface area contributed by atoms with Gasteiger partial charge in [-0.15, -0.1) is 0 Å². The van der Waals surface area contributed by atoms with Crippen molar-refractivity contribution in [2.45, 2.75) is 31.4 Å². The highest BCUT2D eigenvalue weighted by Crippen LogP contribution is 2.19. The summed E-state index contributed by atoms with van der Waals surface area (Å²) < 4.78 is 10.5. The number of hydrogen-bond acceptors (Lipinski definition) is 4. The number of rotatable bonds is 6. The van der Waals surface area contributed by atoms with E-state index in [1.807, 2.05) is 18.2 Å². The van der Waals surface area contributed by atoms with E-state index < -0.39 is 18.1 Å². The van der Waals surface area contributed by atoms with Crippen LogP contribution < -0.4 is 15.8 Å². The Kier molecular flexibility index (Phi) is 5.16. The zero-order chi connectivity index (χ0) is 15.2. The van der Waals surface area contributed by atoms with Crippen molar-refractivity contribution in [3.05, 3.63) is 29.8 Å². The van der Waals surface area contributed by atoms with Crippen molar-refractivity contribution in [2.75, 3.05) is 13.7 Å². The van der Waals surface area contributed by atoms with Crippen LogP contribution in [-0.4, -0.2) is 37.7 Å². The molecule has 1 aromatic rings. The second-order valence-corrected chi connectivity index (χ2v) is 4.98. The average molecular weight is 292 g/mol. The molecule has 21 heavy (non-hydrogen) atoms. The van der Waals surface area contributed by atoms with Gasteiger partial charge in [-0.05, 0) is 24.5 Å². The fourth-order valence-electron chi connectivity index (χ4n) is 2.36. The molecule has 0 bridgehead atoms. The van der Waals surface area contributed by atoms with Gasteiger partial charge < -0.3 is 20.5 Å². The van der Waals surface area contributed by atoms with E-state index in [0.29, 0.717) is 18.8 Å². The Labute approximate surface area is 123 Å². The van der Waals surface area contributed by atoms with E-state index >= 15 is 0 Å². The lowest BCUT2D eigenvalue weighted by Gasteiger charge is -2.19. The number of nitrogens with two attached hydrogens (primary N) is 1. The summed E-state index contributed by atoms with van der Waals surface area (Å²) in [5, 5.41) is 2.66. The molecule has 1 aromatic carbocycles. The molecular weight excluding hydrogens is 272 g/mol. The highest BCUT2D eigenvalue weighted by molar-refractivity contribution is 5.88. The summed E-state index contributed by atoms with van der Waals surface area (Å²) in [5.74, 6) is -0.200. The third-order valence-corrected chi connectivity index (χ3v) is 3.50. The number of carbonyl (C=O) groups excluding carboxylic acids is 2. The number of primary amides is 1. The first-order valence-electron chi connectivity index (χ1n) is 6.95. The monoisotopic (exact) mass is 292 g/mol. The van der Waals surface area contributed by atoms with Crippen molar-refractivity contribution in [2.24, 2.45) is 5.73 Å².